The average molecular weight is 183 g/mol. The van der Waals surface area contributed by atoms with Gasteiger partial charge in [0.1, 0.15) is 0 Å². The SMILES string of the molecule is COc1cc(CON)cc(C)c1O. The highest BCUT2D eigenvalue weighted by Gasteiger charge is 2.06. The van der Waals surface area contributed by atoms with Gasteiger partial charge in [0.25, 0.3) is 0 Å². The van der Waals surface area contributed by atoms with Gasteiger partial charge in [-0.15, -0.1) is 0 Å². The standard InChI is InChI=1S/C9H13NO3/c1-6-3-7(5-13-10)4-8(12-2)9(6)11/h3-4,11H,5,10H2,1-2H3. The van der Waals surface area contributed by atoms with E-state index in [4.69, 9.17) is 10.6 Å². The van der Waals surface area contributed by atoms with E-state index in [-0.39, 0.29) is 5.75 Å². The van der Waals surface area contributed by atoms with Crippen molar-refractivity contribution in [3.63, 3.8) is 0 Å². The summed E-state index contributed by atoms with van der Waals surface area (Å²) in [7, 11) is 1.50. The number of hydrogen-bond donors (Lipinski definition) is 2. The molecule has 4 heteroatoms. The molecular formula is C9H13NO3. The molecule has 3 N–H and O–H groups in total. The number of nitrogens with two attached hydrogens (primary N) is 1. The van der Waals surface area contributed by atoms with Gasteiger partial charge < -0.3 is 9.84 Å². The first-order valence-corrected chi connectivity index (χ1v) is 3.87. The van der Waals surface area contributed by atoms with E-state index >= 15 is 0 Å². The molecule has 0 radical (unpaired) electrons. The summed E-state index contributed by atoms with van der Waals surface area (Å²) >= 11 is 0. The molecule has 72 valence electrons. The average Bonchev–Trinajstić information content (AvgIpc) is 2.11. The molecule has 0 aliphatic heterocycles. The predicted octanol–water partition coefficient (Wildman–Crippen LogP) is 1.10. The maximum Gasteiger partial charge on any atom is 0.161 e. The van der Waals surface area contributed by atoms with Crippen LogP contribution in [0.25, 0.3) is 0 Å². The molecule has 13 heavy (non-hydrogen) atoms. The molecule has 1 aromatic rings. The molecule has 4 nitrogen and oxygen atoms in total. The highest BCUT2D eigenvalue weighted by atomic mass is 16.6. The normalized spacial score (nSPS) is 10.1. The van der Waals surface area contributed by atoms with Crippen molar-refractivity contribution >= 4 is 0 Å². The monoisotopic (exact) mass is 183 g/mol. The van der Waals surface area contributed by atoms with Crippen LogP contribution < -0.4 is 10.6 Å². The second-order valence-corrected chi connectivity index (χ2v) is 2.77. The van der Waals surface area contributed by atoms with Crippen molar-refractivity contribution in [1.82, 2.24) is 0 Å². The summed E-state index contributed by atoms with van der Waals surface area (Å²) < 4.78 is 4.97. The molecule has 0 spiro atoms. The van der Waals surface area contributed by atoms with E-state index in [2.05, 4.69) is 4.84 Å². The Morgan fingerprint density at radius 2 is 2.15 bits per heavy atom. The van der Waals surface area contributed by atoms with Crippen LogP contribution in [0.1, 0.15) is 11.1 Å². The van der Waals surface area contributed by atoms with Gasteiger partial charge in [-0.05, 0) is 30.2 Å². The van der Waals surface area contributed by atoms with Crippen LogP contribution in [0.15, 0.2) is 12.1 Å². The fraction of sp³-hybridized carbons (Fsp3) is 0.333. The molecular weight excluding hydrogens is 170 g/mol. The van der Waals surface area contributed by atoms with Gasteiger partial charge in [-0.25, -0.2) is 5.90 Å². The lowest BCUT2D eigenvalue weighted by molar-refractivity contribution is 0.124. The van der Waals surface area contributed by atoms with E-state index in [9.17, 15) is 5.11 Å². The Morgan fingerprint density at radius 1 is 1.46 bits per heavy atom. The highest BCUT2D eigenvalue weighted by Crippen LogP contribution is 2.30. The lowest BCUT2D eigenvalue weighted by atomic mass is 10.1. The number of aryl methyl sites for hydroxylation is 1. The van der Waals surface area contributed by atoms with Crippen LogP contribution in [-0.2, 0) is 11.4 Å². The Kier molecular flexibility index (Phi) is 3.11. The van der Waals surface area contributed by atoms with Crippen molar-refractivity contribution in [3.05, 3.63) is 23.3 Å². The van der Waals surface area contributed by atoms with Gasteiger partial charge in [-0.1, -0.05) is 0 Å². The van der Waals surface area contributed by atoms with Gasteiger partial charge in [0.2, 0.25) is 0 Å². The maximum absolute atomic E-state index is 9.49. The van der Waals surface area contributed by atoms with Crippen LogP contribution in [0.5, 0.6) is 11.5 Å². The summed E-state index contributed by atoms with van der Waals surface area (Å²) in [4.78, 5) is 4.49. The summed E-state index contributed by atoms with van der Waals surface area (Å²) in [5.74, 6) is 5.53. The molecule has 0 aliphatic rings. The van der Waals surface area contributed by atoms with E-state index in [0.29, 0.717) is 12.4 Å². The number of rotatable bonds is 3. The summed E-state index contributed by atoms with van der Waals surface area (Å²) in [5, 5.41) is 9.49. The number of benzene rings is 1. The molecule has 1 rings (SSSR count). The van der Waals surface area contributed by atoms with Gasteiger partial charge in [0.05, 0.1) is 13.7 Å². The zero-order valence-electron chi connectivity index (χ0n) is 7.70. The molecule has 0 aliphatic carbocycles. The number of aromatic hydroxyl groups is 1. The lowest BCUT2D eigenvalue weighted by Gasteiger charge is -2.08. The summed E-state index contributed by atoms with van der Waals surface area (Å²) in [6.45, 7) is 2.09. The fourth-order valence-electron chi connectivity index (χ4n) is 1.15. The number of phenolic OH excluding ortho intramolecular Hbond substituents is 1. The van der Waals surface area contributed by atoms with Crippen LogP contribution in [0.3, 0.4) is 0 Å². The van der Waals surface area contributed by atoms with E-state index < -0.39 is 0 Å². The zero-order chi connectivity index (χ0) is 9.84. The van der Waals surface area contributed by atoms with E-state index in [1.807, 2.05) is 0 Å². The third-order valence-corrected chi connectivity index (χ3v) is 1.80. The third-order valence-electron chi connectivity index (χ3n) is 1.80. The van der Waals surface area contributed by atoms with Gasteiger partial charge >= 0.3 is 0 Å². The largest absolute Gasteiger partial charge is 0.504 e. The summed E-state index contributed by atoms with van der Waals surface area (Å²) in [5.41, 5.74) is 1.61. The minimum Gasteiger partial charge on any atom is -0.504 e. The predicted molar refractivity (Wildman–Crippen MR) is 48.4 cm³/mol. The third kappa shape index (κ3) is 2.11. The Hall–Kier alpha value is -1.26. The van der Waals surface area contributed by atoms with Crippen LogP contribution in [-0.4, -0.2) is 12.2 Å². The van der Waals surface area contributed by atoms with E-state index in [1.165, 1.54) is 7.11 Å². The molecule has 0 aromatic heterocycles. The van der Waals surface area contributed by atoms with Crippen molar-refractivity contribution < 1.29 is 14.7 Å². The number of phenols is 1. The Labute approximate surface area is 76.8 Å². The van der Waals surface area contributed by atoms with Crippen molar-refractivity contribution in [2.75, 3.05) is 7.11 Å². The molecule has 0 saturated carbocycles. The van der Waals surface area contributed by atoms with Crippen LogP contribution in [0, 0.1) is 6.92 Å². The molecule has 0 fully saturated rings. The van der Waals surface area contributed by atoms with E-state index in [0.717, 1.165) is 11.1 Å². The van der Waals surface area contributed by atoms with Gasteiger partial charge in [-0.3, -0.25) is 4.84 Å². The number of methoxy groups -OCH3 is 1. The van der Waals surface area contributed by atoms with E-state index in [1.54, 1.807) is 19.1 Å². The smallest absolute Gasteiger partial charge is 0.161 e. The minimum absolute atomic E-state index is 0.156. The molecule has 1 aromatic carbocycles. The quantitative estimate of drug-likeness (QED) is 0.689. The van der Waals surface area contributed by atoms with Crippen molar-refractivity contribution in [3.8, 4) is 11.5 Å². The first-order valence-electron chi connectivity index (χ1n) is 3.87. The summed E-state index contributed by atoms with van der Waals surface area (Å²) in [6.07, 6.45) is 0. The minimum atomic E-state index is 0.156. The topological polar surface area (TPSA) is 64.7 Å². The van der Waals surface area contributed by atoms with Gasteiger partial charge in [0, 0.05) is 0 Å². The number of ether oxygens (including phenoxy) is 1. The fourth-order valence-corrected chi connectivity index (χ4v) is 1.15. The number of hydrogen-bond acceptors (Lipinski definition) is 4. The summed E-state index contributed by atoms with van der Waals surface area (Å²) in [6, 6.07) is 3.49. The van der Waals surface area contributed by atoms with Crippen LogP contribution in [0.4, 0.5) is 0 Å². The Balaban J connectivity index is 3.06. The Morgan fingerprint density at radius 3 is 2.69 bits per heavy atom. The zero-order valence-corrected chi connectivity index (χ0v) is 7.70. The van der Waals surface area contributed by atoms with Crippen molar-refractivity contribution in [2.45, 2.75) is 13.5 Å². The maximum atomic E-state index is 9.49. The van der Waals surface area contributed by atoms with Crippen molar-refractivity contribution in [2.24, 2.45) is 5.90 Å². The molecule has 0 amide bonds. The molecule has 0 heterocycles. The van der Waals surface area contributed by atoms with Gasteiger partial charge in [0.15, 0.2) is 11.5 Å². The molecule has 0 unspecified atom stereocenters. The van der Waals surface area contributed by atoms with Crippen molar-refractivity contribution in [1.29, 1.82) is 0 Å². The molecule has 0 bridgehead atoms. The van der Waals surface area contributed by atoms with Crippen LogP contribution >= 0.6 is 0 Å². The first kappa shape index (κ1) is 9.83. The first-order chi connectivity index (χ1) is 6.19. The second-order valence-electron chi connectivity index (χ2n) is 2.77. The molecule has 0 saturated heterocycles. The highest BCUT2D eigenvalue weighted by molar-refractivity contribution is 5.47. The lowest BCUT2D eigenvalue weighted by Crippen LogP contribution is -1.99. The van der Waals surface area contributed by atoms with Crippen LogP contribution in [0.2, 0.25) is 0 Å². The second kappa shape index (κ2) is 4.11. The molecule has 0 atom stereocenters. The van der Waals surface area contributed by atoms with Gasteiger partial charge in [-0.2, -0.15) is 0 Å². The Bertz CT molecular complexity index is 299.